The number of carboxylic acid groups (broad SMARTS) is 1. The number of ether oxygens (including phenoxy) is 1. The summed E-state index contributed by atoms with van der Waals surface area (Å²) in [5.41, 5.74) is 2.35. The highest BCUT2D eigenvalue weighted by atomic mass is 16.5. The van der Waals surface area contributed by atoms with Crippen molar-refractivity contribution in [3.63, 3.8) is 0 Å². The molecule has 0 spiro atoms. The molecule has 4 nitrogen and oxygen atoms in total. The number of esters is 1. The molecule has 2 aromatic carbocycles. The maximum Gasteiger partial charge on any atom is 0.309 e. The van der Waals surface area contributed by atoms with E-state index in [0.29, 0.717) is 25.2 Å². The summed E-state index contributed by atoms with van der Waals surface area (Å²) in [6, 6.07) is 20.4. The standard InChI is InChI=1S/C29H40O4/c1-3-13-25(26-16-9-6-10-17-26)19-12-21-27(20-11-18-24(4-2)28(30)31)29(32)33-22-23-14-7-5-8-15-23/h5-10,14-17,24-25,27H,3-4,11-13,18-22H2,1-2H3,(H,30,31). The molecule has 2 aromatic rings. The van der Waals surface area contributed by atoms with Crippen molar-refractivity contribution in [1.82, 2.24) is 0 Å². The van der Waals surface area contributed by atoms with E-state index in [1.165, 1.54) is 5.56 Å². The quantitative estimate of drug-likeness (QED) is 0.270. The minimum atomic E-state index is -0.744. The second kappa shape index (κ2) is 15.3. The smallest absolute Gasteiger partial charge is 0.309 e. The van der Waals surface area contributed by atoms with Crippen molar-refractivity contribution in [1.29, 1.82) is 0 Å². The summed E-state index contributed by atoms with van der Waals surface area (Å²) in [5.74, 6) is -0.912. The predicted octanol–water partition coefficient (Wildman–Crippen LogP) is 7.38. The number of hydrogen-bond acceptors (Lipinski definition) is 3. The molecule has 3 atom stereocenters. The summed E-state index contributed by atoms with van der Waals surface area (Å²) in [6.45, 7) is 4.40. The van der Waals surface area contributed by atoms with Gasteiger partial charge < -0.3 is 9.84 Å². The van der Waals surface area contributed by atoms with E-state index < -0.39 is 5.97 Å². The van der Waals surface area contributed by atoms with E-state index in [1.807, 2.05) is 43.3 Å². The normalized spacial score (nSPS) is 13.8. The Balaban J connectivity index is 1.94. The van der Waals surface area contributed by atoms with E-state index in [-0.39, 0.29) is 24.4 Å². The zero-order valence-corrected chi connectivity index (χ0v) is 20.2. The van der Waals surface area contributed by atoms with Crippen LogP contribution in [0.25, 0.3) is 0 Å². The molecule has 0 amide bonds. The first-order valence-corrected chi connectivity index (χ1v) is 12.5. The molecule has 0 aliphatic heterocycles. The summed E-state index contributed by atoms with van der Waals surface area (Å²) in [6.07, 6.45) is 7.71. The third kappa shape index (κ3) is 9.81. The molecule has 0 radical (unpaired) electrons. The van der Waals surface area contributed by atoms with Gasteiger partial charge in [-0.05, 0) is 55.6 Å². The molecule has 2 rings (SSSR count). The molecule has 0 fully saturated rings. The second-order valence-corrected chi connectivity index (χ2v) is 8.99. The van der Waals surface area contributed by atoms with Crippen LogP contribution in [0, 0.1) is 11.8 Å². The van der Waals surface area contributed by atoms with Crippen LogP contribution in [-0.4, -0.2) is 17.0 Å². The first-order chi connectivity index (χ1) is 16.0. The monoisotopic (exact) mass is 452 g/mol. The van der Waals surface area contributed by atoms with Crippen LogP contribution in [0.15, 0.2) is 60.7 Å². The first-order valence-electron chi connectivity index (χ1n) is 12.5. The van der Waals surface area contributed by atoms with Crippen LogP contribution in [0.5, 0.6) is 0 Å². The van der Waals surface area contributed by atoms with Gasteiger partial charge in [-0.15, -0.1) is 0 Å². The number of carbonyl (C=O) groups excluding carboxylic acids is 1. The fourth-order valence-electron chi connectivity index (χ4n) is 4.50. The molecule has 0 heterocycles. The van der Waals surface area contributed by atoms with Crippen molar-refractivity contribution in [2.75, 3.05) is 0 Å². The summed E-state index contributed by atoms with van der Waals surface area (Å²) in [7, 11) is 0. The van der Waals surface area contributed by atoms with Gasteiger partial charge in [0.1, 0.15) is 6.61 Å². The zero-order chi connectivity index (χ0) is 23.9. The predicted molar refractivity (Wildman–Crippen MR) is 133 cm³/mol. The van der Waals surface area contributed by atoms with Gasteiger partial charge in [-0.25, -0.2) is 0 Å². The minimum absolute atomic E-state index is 0.158. The lowest BCUT2D eigenvalue weighted by Crippen LogP contribution is -2.19. The van der Waals surface area contributed by atoms with E-state index in [4.69, 9.17) is 4.74 Å². The van der Waals surface area contributed by atoms with E-state index in [2.05, 4.69) is 31.2 Å². The highest BCUT2D eigenvalue weighted by molar-refractivity contribution is 5.72. The summed E-state index contributed by atoms with van der Waals surface area (Å²) in [5, 5.41) is 9.33. The SMILES string of the molecule is CCCC(CCCC(CCCC(CC)C(=O)O)C(=O)OCc1ccccc1)c1ccccc1. The van der Waals surface area contributed by atoms with Crippen LogP contribution < -0.4 is 0 Å². The Morgan fingerprint density at radius 1 is 0.788 bits per heavy atom. The van der Waals surface area contributed by atoms with Gasteiger partial charge in [0.15, 0.2) is 0 Å². The van der Waals surface area contributed by atoms with Crippen LogP contribution >= 0.6 is 0 Å². The van der Waals surface area contributed by atoms with Crippen molar-refractivity contribution in [3.05, 3.63) is 71.8 Å². The third-order valence-electron chi connectivity index (χ3n) is 6.52. The molecular formula is C29H40O4. The van der Waals surface area contributed by atoms with Gasteiger partial charge in [0.2, 0.25) is 0 Å². The van der Waals surface area contributed by atoms with Gasteiger partial charge in [-0.2, -0.15) is 0 Å². The summed E-state index contributed by atoms with van der Waals surface area (Å²) < 4.78 is 5.66. The van der Waals surface area contributed by atoms with Gasteiger partial charge in [0, 0.05) is 0 Å². The van der Waals surface area contributed by atoms with Crippen LogP contribution in [-0.2, 0) is 20.9 Å². The Kier molecular flexibility index (Phi) is 12.3. The van der Waals surface area contributed by atoms with E-state index in [0.717, 1.165) is 44.1 Å². The summed E-state index contributed by atoms with van der Waals surface area (Å²) >= 11 is 0. The molecule has 0 saturated heterocycles. The van der Waals surface area contributed by atoms with Crippen molar-refractivity contribution in [2.24, 2.45) is 11.8 Å². The molecule has 3 unspecified atom stereocenters. The van der Waals surface area contributed by atoms with Gasteiger partial charge >= 0.3 is 11.9 Å². The third-order valence-corrected chi connectivity index (χ3v) is 6.52. The van der Waals surface area contributed by atoms with E-state index in [1.54, 1.807) is 0 Å². The molecule has 0 bridgehead atoms. The van der Waals surface area contributed by atoms with Gasteiger partial charge in [0.05, 0.1) is 11.8 Å². The Morgan fingerprint density at radius 3 is 1.94 bits per heavy atom. The Labute approximate surface area is 199 Å². The fraction of sp³-hybridized carbons (Fsp3) is 0.517. The molecule has 180 valence electrons. The first kappa shape index (κ1) is 26.6. The van der Waals surface area contributed by atoms with Crippen molar-refractivity contribution < 1.29 is 19.4 Å². The maximum atomic E-state index is 12.9. The molecule has 1 N–H and O–H groups in total. The minimum Gasteiger partial charge on any atom is -0.481 e. The number of benzene rings is 2. The van der Waals surface area contributed by atoms with Gasteiger partial charge in [0.25, 0.3) is 0 Å². The number of rotatable bonds is 16. The van der Waals surface area contributed by atoms with Gasteiger partial charge in [-0.1, -0.05) is 93.8 Å². The zero-order valence-electron chi connectivity index (χ0n) is 20.2. The molecule has 33 heavy (non-hydrogen) atoms. The molecule has 0 aromatic heterocycles. The Morgan fingerprint density at radius 2 is 1.36 bits per heavy atom. The number of carbonyl (C=O) groups is 2. The van der Waals surface area contributed by atoms with Crippen LogP contribution in [0.4, 0.5) is 0 Å². The second-order valence-electron chi connectivity index (χ2n) is 8.99. The lowest BCUT2D eigenvalue weighted by Gasteiger charge is -2.20. The maximum absolute atomic E-state index is 12.9. The highest BCUT2D eigenvalue weighted by Gasteiger charge is 2.22. The number of aliphatic carboxylic acids is 1. The van der Waals surface area contributed by atoms with Crippen molar-refractivity contribution in [3.8, 4) is 0 Å². The van der Waals surface area contributed by atoms with Gasteiger partial charge in [-0.3, -0.25) is 9.59 Å². The molecule has 0 aliphatic rings. The molecule has 4 heteroatoms. The van der Waals surface area contributed by atoms with Crippen LogP contribution in [0.1, 0.15) is 88.7 Å². The molecule has 0 saturated carbocycles. The topological polar surface area (TPSA) is 63.6 Å². The lowest BCUT2D eigenvalue weighted by molar-refractivity contribution is -0.150. The number of hydrogen-bond donors (Lipinski definition) is 1. The Hall–Kier alpha value is -2.62. The molecular weight excluding hydrogens is 412 g/mol. The average molecular weight is 453 g/mol. The lowest BCUT2D eigenvalue weighted by atomic mass is 9.86. The average Bonchev–Trinajstić information content (AvgIpc) is 2.84. The fourth-order valence-corrected chi connectivity index (χ4v) is 4.50. The summed E-state index contributed by atoms with van der Waals surface area (Å²) in [4.78, 5) is 24.3. The van der Waals surface area contributed by atoms with Crippen molar-refractivity contribution in [2.45, 2.75) is 84.2 Å². The molecule has 0 aliphatic carbocycles. The Bertz CT molecular complexity index is 803. The van der Waals surface area contributed by atoms with E-state index >= 15 is 0 Å². The van der Waals surface area contributed by atoms with E-state index in [9.17, 15) is 14.7 Å². The number of carboxylic acids is 1. The van der Waals surface area contributed by atoms with Crippen LogP contribution in [0.3, 0.4) is 0 Å². The van der Waals surface area contributed by atoms with Crippen molar-refractivity contribution >= 4 is 11.9 Å². The highest BCUT2D eigenvalue weighted by Crippen LogP contribution is 2.29. The largest absolute Gasteiger partial charge is 0.481 e. The van der Waals surface area contributed by atoms with Crippen LogP contribution in [0.2, 0.25) is 0 Å².